The van der Waals surface area contributed by atoms with Crippen LogP contribution in [0.2, 0.25) is 0 Å². The number of amides is 1. The van der Waals surface area contributed by atoms with Crippen LogP contribution in [0.1, 0.15) is 19.3 Å². The number of halogens is 3. The van der Waals surface area contributed by atoms with Gasteiger partial charge in [0.15, 0.2) is 5.41 Å². The molecule has 0 aromatic carbocycles. The molecule has 3 aliphatic rings. The van der Waals surface area contributed by atoms with E-state index in [-0.39, 0.29) is 19.5 Å². The first-order valence-electron chi connectivity index (χ1n) is 7.71. The third kappa shape index (κ3) is 2.90. The summed E-state index contributed by atoms with van der Waals surface area (Å²) in [5.41, 5.74) is -2.20. The molecular formula is C14H22F3N3O. The van der Waals surface area contributed by atoms with Gasteiger partial charge in [-0.3, -0.25) is 9.69 Å². The molecule has 0 spiro atoms. The minimum absolute atomic E-state index is 0.141. The van der Waals surface area contributed by atoms with Crippen LogP contribution in [0.5, 0.6) is 0 Å². The highest BCUT2D eigenvalue weighted by Gasteiger charge is 2.62. The summed E-state index contributed by atoms with van der Waals surface area (Å²) in [6, 6.07) is 0. The molecule has 120 valence electrons. The Labute approximate surface area is 122 Å². The first-order valence-corrected chi connectivity index (χ1v) is 7.71. The van der Waals surface area contributed by atoms with Crippen molar-refractivity contribution in [2.75, 3.05) is 45.8 Å². The Morgan fingerprint density at radius 2 is 1.86 bits per heavy atom. The van der Waals surface area contributed by atoms with Crippen molar-refractivity contribution in [3.63, 3.8) is 0 Å². The maximum Gasteiger partial charge on any atom is 0.404 e. The van der Waals surface area contributed by atoms with Crippen molar-refractivity contribution in [1.29, 1.82) is 0 Å². The van der Waals surface area contributed by atoms with E-state index in [1.807, 2.05) is 0 Å². The Hall–Kier alpha value is -0.820. The van der Waals surface area contributed by atoms with E-state index in [0.717, 1.165) is 12.5 Å². The van der Waals surface area contributed by atoms with Gasteiger partial charge < -0.3 is 10.2 Å². The van der Waals surface area contributed by atoms with Crippen molar-refractivity contribution >= 4 is 5.91 Å². The molecule has 1 aliphatic carbocycles. The summed E-state index contributed by atoms with van der Waals surface area (Å²) in [7, 11) is 0. The second kappa shape index (κ2) is 5.43. The quantitative estimate of drug-likeness (QED) is 0.848. The zero-order valence-electron chi connectivity index (χ0n) is 12.1. The van der Waals surface area contributed by atoms with Gasteiger partial charge in [0, 0.05) is 39.3 Å². The second-order valence-corrected chi connectivity index (χ2v) is 6.54. The SMILES string of the molecule is O=C(N1CCN(CC2CC2)CC1)C1(C(F)(F)F)CCNC1. The Balaban J connectivity index is 1.62. The molecule has 0 aromatic heterocycles. The van der Waals surface area contributed by atoms with Crippen LogP contribution < -0.4 is 5.32 Å². The van der Waals surface area contributed by atoms with Crippen molar-refractivity contribution in [3.05, 3.63) is 0 Å². The van der Waals surface area contributed by atoms with Gasteiger partial charge in [0.1, 0.15) is 0 Å². The lowest BCUT2D eigenvalue weighted by Gasteiger charge is -2.40. The van der Waals surface area contributed by atoms with Gasteiger partial charge >= 0.3 is 6.18 Å². The monoisotopic (exact) mass is 305 g/mol. The van der Waals surface area contributed by atoms with Crippen LogP contribution in [0, 0.1) is 11.3 Å². The summed E-state index contributed by atoms with van der Waals surface area (Å²) in [6.45, 7) is 3.25. The normalized spacial score (nSPS) is 31.7. The van der Waals surface area contributed by atoms with E-state index in [2.05, 4.69) is 10.2 Å². The third-order valence-electron chi connectivity index (χ3n) is 4.98. The van der Waals surface area contributed by atoms with Gasteiger partial charge in [-0.05, 0) is 31.7 Å². The summed E-state index contributed by atoms with van der Waals surface area (Å²) in [5.74, 6) is 0.0406. The van der Waals surface area contributed by atoms with Crippen molar-refractivity contribution in [2.45, 2.75) is 25.4 Å². The maximum absolute atomic E-state index is 13.4. The highest BCUT2D eigenvalue weighted by Crippen LogP contribution is 2.44. The maximum atomic E-state index is 13.4. The summed E-state index contributed by atoms with van der Waals surface area (Å²) < 4.78 is 40.1. The lowest BCUT2D eigenvalue weighted by molar-refractivity contribution is -0.222. The van der Waals surface area contributed by atoms with E-state index in [4.69, 9.17) is 0 Å². The second-order valence-electron chi connectivity index (χ2n) is 6.54. The van der Waals surface area contributed by atoms with Crippen LogP contribution in [0.25, 0.3) is 0 Å². The van der Waals surface area contributed by atoms with Crippen molar-refractivity contribution < 1.29 is 18.0 Å². The molecule has 2 heterocycles. The highest BCUT2D eigenvalue weighted by molar-refractivity contribution is 5.84. The van der Waals surface area contributed by atoms with Crippen LogP contribution in [0.4, 0.5) is 13.2 Å². The van der Waals surface area contributed by atoms with E-state index < -0.39 is 17.5 Å². The standard InChI is InChI=1S/C14H22F3N3O/c15-14(16,17)13(3-4-18-10-13)12(21)20-7-5-19(6-8-20)9-11-1-2-11/h11,18H,1-10H2. The van der Waals surface area contributed by atoms with Gasteiger partial charge in [-0.25, -0.2) is 0 Å². The van der Waals surface area contributed by atoms with Crippen molar-refractivity contribution in [2.24, 2.45) is 11.3 Å². The average Bonchev–Trinajstić information content (AvgIpc) is 3.09. The zero-order chi connectivity index (χ0) is 15.1. The number of carbonyl (C=O) groups is 1. The van der Waals surface area contributed by atoms with Gasteiger partial charge in [-0.1, -0.05) is 0 Å². The molecule has 1 amide bonds. The Morgan fingerprint density at radius 1 is 1.19 bits per heavy atom. The summed E-state index contributed by atoms with van der Waals surface area (Å²) >= 11 is 0. The van der Waals surface area contributed by atoms with Gasteiger partial charge in [-0.2, -0.15) is 13.2 Å². The van der Waals surface area contributed by atoms with Crippen LogP contribution >= 0.6 is 0 Å². The molecule has 1 saturated carbocycles. The Bertz CT molecular complexity index is 395. The number of piperazine rings is 1. The van der Waals surface area contributed by atoms with Crippen LogP contribution in [-0.2, 0) is 4.79 Å². The van der Waals surface area contributed by atoms with Gasteiger partial charge in [0.05, 0.1) is 0 Å². The fraction of sp³-hybridized carbons (Fsp3) is 0.929. The minimum atomic E-state index is -4.47. The first-order chi connectivity index (χ1) is 9.92. The molecular weight excluding hydrogens is 283 g/mol. The predicted octanol–water partition coefficient (Wildman–Crippen LogP) is 1.08. The molecule has 21 heavy (non-hydrogen) atoms. The molecule has 2 saturated heterocycles. The molecule has 3 fully saturated rings. The molecule has 2 aliphatic heterocycles. The van der Waals surface area contributed by atoms with E-state index in [1.54, 1.807) is 0 Å². The fourth-order valence-electron chi connectivity index (χ4n) is 3.34. The van der Waals surface area contributed by atoms with Crippen molar-refractivity contribution in [1.82, 2.24) is 15.1 Å². The van der Waals surface area contributed by atoms with Crippen LogP contribution in [-0.4, -0.2) is 67.7 Å². The first kappa shape index (κ1) is 15.1. The third-order valence-corrected chi connectivity index (χ3v) is 4.98. The molecule has 0 bridgehead atoms. The molecule has 0 radical (unpaired) electrons. The minimum Gasteiger partial charge on any atom is -0.339 e. The van der Waals surface area contributed by atoms with E-state index in [0.29, 0.717) is 26.2 Å². The molecule has 1 unspecified atom stereocenters. The Morgan fingerprint density at radius 3 is 2.33 bits per heavy atom. The zero-order valence-corrected chi connectivity index (χ0v) is 12.1. The smallest absolute Gasteiger partial charge is 0.339 e. The fourth-order valence-corrected chi connectivity index (χ4v) is 3.34. The number of alkyl halides is 3. The van der Waals surface area contributed by atoms with Crippen LogP contribution in [0.15, 0.2) is 0 Å². The number of carbonyl (C=O) groups excluding carboxylic acids is 1. The van der Waals surface area contributed by atoms with E-state index in [1.165, 1.54) is 17.7 Å². The van der Waals surface area contributed by atoms with Gasteiger partial charge in [-0.15, -0.1) is 0 Å². The van der Waals surface area contributed by atoms with Crippen molar-refractivity contribution in [3.8, 4) is 0 Å². The molecule has 1 atom stereocenters. The van der Waals surface area contributed by atoms with E-state index >= 15 is 0 Å². The summed E-state index contributed by atoms with van der Waals surface area (Å²) in [4.78, 5) is 16.2. The molecule has 7 heteroatoms. The number of nitrogens with one attached hydrogen (secondary N) is 1. The summed E-state index contributed by atoms with van der Waals surface area (Å²) in [6.07, 6.45) is -2.08. The molecule has 1 N–H and O–H groups in total. The number of rotatable bonds is 3. The lowest BCUT2D eigenvalue weighted by Crippen LogP contribution is -2.58. The lowest BCUT2D eigenvalue weighted by atomic mass is 9.84. The number of hydrogen-bond acceptors (Lipinski definition) is 3. The van der Waals surface area contributed by atoms with Gasteiger partial charge in [0.25, 0.3) is 0 Å². The highest BCUT2D eigenvalue weighted by atomic mass is 19.4. The molecule has 3 rings (SSSR count). The number of nitrogens with zero attached hydrogens (tertiary/aromatic N) is 2. The number of hydrogen-bond donors (Lipinski definition) is 1. The Kier molecular flexibility index (Phi) is 3.90. The van der Waals surface area contributed by atoms with E-state index in [9.17, 15) is 18.0 Å². The molecule has 4 nitrogen and oxygen atoms in total. The summed E-state index contributed by atoms with van der Waals surface area (Å²) in [5, 5.41) is 2.70. The molecule has 0 aromatic rings. The van der Waals surface area contributed by atoms with Crippen LogP contribution in [0.3, 0.4) is 0 Å². The average molecular weight is 305 g/mol. The largest absolute Gasteiger partial charge is 0.404 e. The van der Waals surface area contributed by atoms with Gasteiger partial charge in [0.2, 0.25) is 5.91 Å². The predicted molar refractivity (Wildman–Crippen MR) is 71.7 cm³/mol. The topological polar surface area (TPSA) is 35.6 Å².